The third-order valence-corrected chi connectivity index (χ3v) is 13.6. The molecule has 3 aromatic heterocycles. The highest BCUT2D eigenvalue weighted by atomic mass is 79.9. The van der Waals surface area contributed by atoms with E-state index in [4.69, 9.17) is 33.2 Å². The van der Waals surface area contributed by atoms with Crippen LogP contribution in [0.5, 0.6) is 0 Å². The van der Waals surface area contributed by atoms with Gasteiger partial charge in [-0.25, -0.2) is 0 Å². The second-order valence-corrected chi connectivity index (χ2v) is 18.6. The van der Waals surface area contributed by atoms with Gasteiger partial charge >= 0.3 is 5.97 Å². The van der Waals surface area contributed by atoms with Crippen LogP contribution in [-0.2, 0) is 41.8 Å². The summed E-state index contributed by atoms with van der Waals surface area (Å²) in [7, 11) is 0. The van der Waals surface area contributed by atoms with Crippen LogP contribution in [0.4, 0.5) is 0 Å². The molecule has 1 amide bonds. The topological polar surface area (TPSA) is 112 Å². The number of hydrogen-bond donors (Lipinski definition) is 2. The Morgan fingerprint density at radius 2 is 1.15 bits per heavy atom. The van der Waals surface area contributed by atoms with Crippen molar-refractivity contribution in [1.82, 2.24) is 30.1 Å². The van der Waals surface area contributed by atoms with Crippen molar-refractivity contribution in [2.24, 2.45) is 11.8 Å². The number of aliphatic carboxylic acids is 1. The van der Waals surface area contributed by atoms with Crippen LogP contribution in [0.15, 0.2) is 94.3 Å². The van der Waals surface area contributed by atoms with Crippen molar-refractivity contribution in [1.29, 1.82) is 0 Å². The second-order valence-electron chi connectivity index (χ2n) is 15.9. The van der Waals surface area contributed by atoms with Crippen LogP contribution in [0.2, 0.25) is 10.0 Å². The van der Waals surface area contributed by atoms with Crippen molar-refractivity contribution in [3.05, 3.63) is 155 Å². The number of carbonyl (C=O) groups excluding carboxylic acids is 1. The van der Waals surface area contributed by atoms with Gasteiger partial charge in [-0.3, -0.25) is 34.3 Å². The molecule has 5 heterocycles. The molecule has 0 saturated carbocycles. The van der Waals surface area contributed by atoms with Gasteiger partial charge in [-0.1, -0.05) is 41.4 Å². The van der Waals surface area contributed by atoms with Gasteiger partial charge in [-0.15, -0.1) is 0 Å². The van der Waals surface area contributed by atoms with Gasteiger partial charge in [-0.05, 0) is 191 Å². The van der Waals surface area contributed by atoms with Crippen molar-refractivity contribution in [2.75, 3.05) is 26.2 Å². The number of nitrogens with zero attached hydrogens (tertiary/aromatic N) is 5. The van der Waals surface area contributed by atoms with Crippen molar-refractivity contribution >= 4 is 66.9 Å². The standard InChI is InChI=1S/C26H26BrClN4O.C20H20BrClN2O2/c27-20-13-19-5-4-18-14-21(28)6-7-23(18)25(24(19)30-15-20)32-11-8-17(9-12-32)26(33)31-16-22-3-1-2-10-29-22;21-15-9-14-2-1-13-10-16(22)3-4-17(13)19(18(14)23-11-15)24-7-5-12(6-8-24)20(25)26/h1-3,6-7,10,13-15,17,25H,4-5,8-9,11-12,16H2,(H,31,33);3-4,9-12,19H,1-2,5-8H2,(H,25,26). The Morgan fingerprint density at radius 1 is 0.661 bits per heavy atom. The largest absolute Gasteiger partial charge is 0.481 e. The minimum Gasteiger partial charge on any atom is -0.481 e. The van der Waals surface area contributed by atoms with Gasteiger partial charge in [0.15, 0.2) is 0 Å². The van der Waals surface area contributed by atoms with Crippen molar-refractivity contribution in [3.63, 3.8) is 0 Å². The lowest BCUT2D eigenvalue weighted by Gasteiger charge is -2.37. The molecule has 2 aliphatic heterocycles. The number of rotatable bonds is 6. The first kappa shape index (κ1) is 42.0. The van der Waals surface area contributed by atoms with E-state index in [1.54, 1.807) is 6.20 Å². The number of aromatic nitrogens is 3. The van der Waals surface area contributed by atoms with E-state index in [-0.39, 0.29) is 29.8 Å². The number of piperidine rings is 2. The summed E-state index contributed by atoms with van der Waals surface area (Å²) in [5.74, 6) is -0.771. The molecule has 9 rings (SSSR count). The molecule has 2 saturated heterocycles. The van der Waals surface area contributed by atoms with Crippen LogP contribution >= 0.6 is 55.1 Å². The predicted molar refractivity (Wildman–Crippen MR) is 238 cm³/mol. The third kappa shape index (κ3) is 9.77. The summed E-state index contributed by atoms with van der Waals surface area (Å²) >= 11 is 19.7. The fraction of sp³-hybridized carbons (Fsp3) is 0.370. The number of carboxylic acids is 1. The number of pyridine rings is 3. The Morgan fingerprint density at radius 3 is 1.63 bits per heavy atom. The van der Waals surface area contributed by atoms with Gasteiger partial charge in [0.1, 0.15) is 0 Å². The highest BCUT2D eigenvalue weighted by Gasteiger charge is 2.36. The van der Waals surface area contributed by atoms with Gasteiger partial charge in [0.25, 0.3) is 0 Å². The van der Waals surface area contributed by atoms with Crippen LogP contribution in [-0.4, -0.2) is 67.9 Å². The van der Waals surface area contributed by atoms with E-state index in [0.29, 0.717) is 19.4 Å². The number of carboxylic acid groups (broad SMARTS) is 1. The number of hydrogen-bond acceptors (Lipinski definition) is 7. The Hall–Kier alpha value is -3.71. The van der Waals surface area contributed by atoms with Gasteiger partial charge in [-0.2, -0.15) is 0 Å². The molecule has 9 nitrogen and oxygen atoms in total. The minimum absolute atomic E-state index is 0.0257. The van der Waals surface area contributed by atoms with Crippen molar-refractivity contribution < 1.29 is 14.7 Å². The van der Waals surface area contributed by atoms with E-state index in [0.717, 1.165) is 101 Å². The quantitative estimate of drug-likeness (QED) is 0.173. The van der Waals surface area contributed by atoms with E-state index < -0.39 is 5.97 Å². The molecule has 2 fully saturated rings. The van der Waals surface area contributed by atoms with Crippen LogP contribution < -0.4 is 5.32 Å². The summed E-state index contributed by atoms with van der Waals surface area (Å²) in [5.41, 5.74) is 10.7. The van der Waals surface area contributed by atoms with Crippen LogP contribution in [0.1, 0.15) is 88.2 Å². The van der Waals surface area contributed by atoms with Gasteiger partial charge in [0.2, 0.25) is 5.91 Å². The first-order valence-electron chi connectivity index (χ1n) is 20.3. The maximum Gasteiger partial charge on any atom is 0.306 e. The van der Waals surface area contributed by atoms with Gasteiger partial charge < -0.3 is 10.4 Å². The summed E-state index contributed by atoms with van der Waals surface area (Å²) in [5, 5.41) is 13.9. The molecule has 4 aliphatic rings. The maximum atomic E-state index is 12.8. The van der Waals surface area contributed by atoms with Gasteiger partial charge in [0.05, 0.1) is 41.6 Å². The number of fused-ring (bicyclic) bond motifs is 4. The lowest BCUT2D eigenvalue weighted by molar-refractivity contribution is -0.143. The second kappa shape index (κ2) is 18.9. The summed E-state index contributed by atoms with van der Waals surface area (Å²) in [6, 6.07) is 22.6. The zero-order valence-corrected chi connectivity index (χ0v) is 37.3. The lowest BCUT2D eigenvalue weighted by Crippen LogP contribution is -2.42. The molecule has 0 spiro atoms. The number of likely N-dealkylation sites (tertiary alicyclic amines) is 2. The first-order chi connectivity index (χ1) is 28.6. The molecule has 13 heteroatoms. The van der Waals surface area contributed by atoms with E-state index in [1.807, 2.05) is 42.7 Å². The third-order valence-electron chi connectivity index (χ3n) is 12.3. The van der Waals surface area contributed by atoms with Crippen LogP contribution in [0, 0.1) is 11.8 Å². The average Bonchev–Trinajstić information content (AvgIpc) is 3.50. The molecule has 0 radical (unpaired) electrons. The Labute approximate surface area is 372 Å². The fourth-order valence-electron chi connectivity index (χ4n) is 9.21. The molecular weight excluding hydrogens is 915 g/mol. The van der Waals surface area contributed by atoms with Gasteiger partial charge in [0, 0.05) is 43.5 Å². The van der Waals surface area contributed by atoms with E-state index in [9.17, 15) is 14.7 Å². The molecule has 2 aliphatic carbocycles. The van der Waals surface area contributed by atoms with E-state index in [2.05, 4.69) is 88.4 Å². The van der Waals surface area contributed by atoms with Crippen molar-refractivity contribution in [2.45, 2.75) is 70.0 Å². The average molecular weight is 962 g/mol. The molecule has 2 unspecified atom stereocenters. The van der Waals surface area contributed by atoms with E-state index in [1.165, 1.54) is 33.4 Å². The van der Waals surface area contributed by atoms with Crippen LogP contribution in [0.3, 0.4) is 0 Å². The Kier molecular flexibility index (Phi) is 13.5. The zero-order chi connectivity index (χ0) is 41.0. The number of aryl methyl sites for hydroxylation is 4. The Balaban J connectivity index is 0.000000169. The molecule has 5 aromatic rings. The normalized spacial score (nSPS) is 19.7. The molecular formula is C46H46Br2Cl2N6O3. The highest BCUT2D eigenvalue weighted by Crippen LogP contribution is 2.41. The Bertz CT molecular complexity index is 2210. The summed E-state index contributed by atoms with van der Waals surface area (Å²) in [6.07, 6.45) is 12.3. The first-order valence-corrected chi connectivity index (χ1v) is 22.7. The fourth-order valence-corrected chi connectivity index (χ4v) is 10.4. The number of nitrogens with one attached hydrogen (secondary N) is 1. The predicted octanol–water partition coefficient (Wildman–Crippen LogP) is 9.59. The number of carbonyl (C=O) groups is 2. The summed E-state index contributed by atoms with van der Waals surface area (Å²) in [6.45, 7) is 3.71. The molecule has 59 heavy (non-hydrogen) atoms. The van der Waals surface area contributed by atoms with Crippen LogP contribution in [0.25, 0.3) is 0 Å². The van der Waals surface area contributed by atoms with E-state index >= 15 is 0 Å². The molecule has 2 atom stereocenters. The highest BCUT2D eigenvalue weighted by molar-refractivity contribution is 9.10. The maximum absolute atomic E-state index is 12.8. The summed E-state index contributed by atoms with van der Waals surface area (Å²) < 4.78 is 2.00. The lowest BCUT2D eigenvalue weighted by atomic mass is 9.91. The monoisotopic (exact) mass is 958 g/mol. The number of amides is 1. The summed E-state index contributed by atoms with van der Waals surface area (Å²) in [4.78, 5) is 42.9. The SMILES string of the molecule is O=C(NCc1ccccn1)C1CCN(C2c3ccc(Cl)cc3CCc3cc(Br)cnc32)CC1.O=C(O)C1CCN(C2c3ccc(Cl)cc3CCc3cc(Br)cnc32)CC1. The van der Waals surface area contributed by atoms with Crippen molar-refractivity contribution in [3.8, 4) is 0 Å². The number of benzene rings is 2. The zero-order valence-electron chi connectivity index (χ0n) is 32.6. The molecule has 2 N–H and O–H groups in total. The minimum atomic E-state index is -0.680. The number of halogens is 4. The molecule has 306 valence electrons. The molecule has 0 bridgehead atoms. The molecule has 2 aromatic carbocycles. The smallest absolute Gasteiger partial charge is 0.306 e.